The zero-order valence-electron chi connectivity index (χ0n) is 11.6. The number of amides is 1. The second-order valence-corrected chi connectivity index (χ2v) is 4.44. The molecule has 0 aliphatic heterocycles. The Labute approximate surface area is 119 Å². The van der Waals surface area contributed by atoms with Crippen LogP contribution in [0.2, 0.25) is 0 Å². The predicted octanol–water partition coefficient (Wildman–Crippen LogP) is 1.98. The second kappa shape index (κ2) is 7.74. The summed E-state index contributed by atoms with van der Waals surface area (Å²) in [5, 5.41) is 3.24. The van der Waals surface area contributed by atoms with Gasteiger partial charge in [-0.1, -0.05) is 12.1 Å². The van der Waals surface area contributed by atoms with Crippen LogP contribution in [-0.4, -0.2) is 36.1 Å². The Kier molecular flexibility index (Phi) is 6.29. The number of carbonyl (C=O) groups excluding carboxylic acids is 1. The zero-order valence-corrected chi connectivity index (χ0v) is 12.4. The van der Waals surface area contributed by atoms with Crippen LogP contribution in [0, 0.1) is 0 Å². The molecule has 1 N–H and O–H groups in total. The molecule has 4 nitrogen and oxygen atoms in total. The van der Waals surface area contributed by atoms with Crippen LogP contribution in [0.1, 0.15) is 19.4 Å². The summed E-state index contributed by atoms with van der Waals surface area (Å²) in [7, 11) is 1.62. The molecule has 0 spiro atoms. The highest BCUT2D eigenvalue weighted by atomic mass is 32.1. The van der Waals surface area contributed by atoms with E-state index in [9.17, 15) is 4.79 Å². The van der Waals surface area contributed by atoms with Crippen LogP contribution in [-0.2, 0) is 11.2 Å². The molecule has 0 saturated carbocycles. The molecule has 1 amide bonds. The van der Waals surface area contributed by atoms with Crippen LogP contribution in [0.15, 0.2) is 24.3 Å². The molecule has 0 saturated heterocycles. The van der Waals surface area contributed by atoms with Crippen molar-refractivity contribution in [1.29, 1.82) is 0 Å². The number of rotatable bonds is 5. The van der Waals surface area contributed by atoms with Crippen LogP contribution in [0.3, 0.4) is 0 Å². The number of hydrogen-bond acceptors (Lipinski definition) is 3. The van der Waals surface area contributed by atoms with Crippen molar-refractivity contribution < 1.29 is 9.53 Å². The fourth-order valence-electron chi connectivity index (χ4n) is 1.68. The molecular formula is C14H20N2O2S. The Bertz CT molecular complexity index is 428. The Morgan fingerprint density at radius 3 is 2.32 bits per heavy atom. The number of nitrogens with zero attached hydrogens (tertiary/aromatic N) is 1. The molecule has 0 heterocycles. The minimum absolute atomic E-state index is 0.0953. The molecule has 0 bridgehead atoms. The summed E-state index contributed by atoms with van der Waals surface area (Å²) in [6.07, 6.45) is 0.311. The van der Waals surface area contributed by atoms with E-state index in [4.69, 9.17) is 17.0 Å². The van der Waals surface area contributed by atoms with Crippen LogP contribution < -0.4 is 10.1 Å². The van der Waals surface area contributed by atoms with E-state index in [-0.39, 0.29) is 5.91 Å². The van der Waals surface area contributed by atoms with Crippen molar-refractivity contribution in [3.63, 3.8) is 0 Å². The van der Waals surface area contributed by atoms with Crippen LogP contribution >= 0.6 is 12.2 Å². The van der Waals surface area contributed by atoms with Crippen molar-refractivity contribution >= 4 is 23.2 Å². The van der Waals surface area contributed by atoms with E-state index in [2.05, 4.69) is 5.32 Å². The molecule has 5 heteroatoms. The minimum atomic E-state index is -0.0953. The molecule has 1 aromatic rings. The summed E-state index contributed by atoms with van der Waals surface area (Å²) in [6, 6.07) is 7.42. The first-order valence-corrected chi connectivity index (χ1v) is 6.73. The Hall–Kier alpha value is -1.62. The number of ether oxygens (including phenoxy) is 1. The molecule has 0 atom stereocenters. The van der Waals surface area contributed by atoms with E-state index in [1.54, 1.807) is 7.11 Å². The monoisotopic (exact) mass is 280 g/mol. The van der Waals surface area contributed by atoms with Gasteiger partial charge < -0.3 is 15.0 Å². The van der Waals surface area contributed by atoms with Gasteiger partial charge in [0.1, 0.15) is 5.75 Å². The van der Waals surface area contributed by atoms with Crippen molar-refractivity contribution in [2.24, 2.45) is 0 Å². The van der Waals surface area contributed by atoms with Crippen molar-refractivity contribution in [2.75, 3.05) is 20.2 Å². The maximum absolute atomic E-state index is 11.9. The van der Waals surface area contributed by atoms with Crippen molar-refractivity contribution in [1.82, 2.24) is 10.2 Å². The topological polar surface area (TPSA) is 41.6 Å². The van der Waals surface area contributed by atoms with Crippen molar-refractivity contribution in [3.8, 4) is 5.75 Å². The molecule has 0 radical (unpaired) electrons. The molecule has 19 heavy (non-hydrogen) atoms. The summed E-state index contributed by atoms with van der Waals surface area (Å²) in [5.74, 6) is 0.685. The van der Waals surface area contributed by atoms with Crippen LogP contribution in [0.4, 0.5) is 0 Å². The van der Waals surface area contributed by atoms with Gasteiger partial charge in [0.25, 0.3) is 0 Å². The average Bonchev–Trinajstić information content (AvgIpc) is 2.40. The van der Waals surface area contributed by atoms with Crippen molar-refractivity contribution in [2.45, 2.75) is 20.3 Å². The second-order valence-electron chi connectivity index (χ2n) is 4.05. The summed E-state index contributed by atoms with van der Waals surface area (Å²) >= 11 is 5.18. The van der Waals surface area contributed by atoms with E-state index in [0.29, 0.717) is 11.5 Å². The minimum Gasteiger partial charge on any atom is -0.497 e. The lowest BCUT2D eigenvalue weighted by atomic mass is 10.1. The van der Waals surface area contributed by atoms with Gasteiger partial charge in [0.15, 0.2) is 5.11 Å². The third-order valence-electron chi connectivity index (χ3n) is 2.82. The smallest absolute Gasteiger partial charge is 0.230 e. The first-order chi connectivity index (χ1) is 9.10. The summed E-state index contributed by atoms with van der Waals surface area (Å²) in [5.41, 5.74) is 0.931. The van der Waals surface area contributed by atoms with E-state index >= 15 is 0 Å². The number of methoxy groups -OCH3 is 1. The molecule has 0 aliphatic carbocycles. The standard InChI is InChI=1S/C14H20N2O2S/c1-4-16(5-2)14(19)15-13(17)10-11-6-8-12(18-3)9-7-11/h6-9H,4-5,10H2,1-3H3,(H,15,17,19). The van der Waals surface area contributed by atoms with Gasteiger partial charge in [0.05, 0.1) is 13.5 Å². The number of nitrogens with one attached hydrogen (secondary N) is 1. The lowest BCUT2D eigenvalue weighted by Gasteiger charge is -2.21. The fourth-order valence-corrected chi connectivity index (χ4v) is 2.05. The maximum atomic E-state index is 11.9. The quantitative estimate of drug-likeness (QED) is 0.838. The molecule has 1 aromatic carbocycles. The van der Waals surface area contributed by atoms with Crippen molar-refractivity contribution in [3.05, 3.63) is 29.8 Å². The van der Waals surface area contributed by atoms with Gasteiger partial charge in [-0.2, -0.15) is 0 Å². The van der Waals surface area contributed by atoms with E-state index < -0.39 is 0 Å². The first-order valence-electron chi connectivity index (χ1n) is 6.32. The Morgan fingerprint density at radius 2 is 1.84 bits per heavy atom. The third-order valence-corrected chi connectivity index (χ3v) is 3.18. The Balaban J connectivity index is 2.52. The molecule has 0 unspecified atom stereocenters. The normalized spacial score (nSPS) is 9.84. The highest BCUT2D eigenvalue weighted by Gasteiger charge is 2.10. The molecule has 0 aromatic heterocycles. The highest BCUT2D eigenvalue weighted by Crippen LogP contribution is 2.11. The van der Waals surface area contributed by atoms with Gasteiger partial charge in [0, 0.05) is 13.1 Å². The number of benzene rings is 1. The molecule has 0 aliphatic rings. The fraction of sp³-hybridized carbons (Fsp3) is 0.429. The molecular weight excluding hydrogens is 260 g/mol. The lowest BCUT2D eigenvalue weighted by Crippen LogP contribution is -2.42. The van der Waals surface area contributed by atoms with Gasteiger partial charge in [0.2, 0.25) is 5.91 Å². The van der Waals surface area contributed by atoms with E-state index in [0.717, 1.165) is 24.4 Å². The molecule has 104 valence electrons. The van der Waals surface area contributed by atoms with E-state index in [1.807, 2.05) is 43.0 Å². The molecule has 1 rings (SSSR count). The summed E-state index contributed by atoms with van der Waals surface area (Å²) in [4.78, 5) is 13.8. The number of thiocarbonyl (C=S) groups is 1. The van der Waals surface area contributed by atoms with Gasteiger partial charge in [-0.3, -0.25) is 4.79 Å². The first kappa shape index (κ1) is 15.4. The average molecular weight is 280 g/mol. The maximum Gasteiger partial charge on any atom is 0.230 e. The third kappa shape index (κ3) is 4.87. The van der Waals surface area contributed by atoms with Gasteiger partial charge >= 0.3 is 0 Å². The van der Waals surface area contributed by atoms with Gasteiger partial charge in [-0.25, -0.2) is 0 Å². The highest BCUT2D eigenvalue weighted by molar-refractivity contribution is 7.80. The Morgan fingerprint density at radius 1 is 1.26 bits per heavy atom. The SMILES string of the molecule is CCN(CC)C(=S)NC(=O)Cc1ccc(OC)cc1. The zero-order chi connectivity index (χ0) is 14.3. The summed E-state index contributed by atoms with van der Waals surface area (Å²) in [6.45, 7) is 5.59. The van der Waals surface area contributed by atoms with Crippen LogP contribution in [0.25, 0.3) is 0 Å². The van der Waals surface area contributed by atoms with Crippen LogP contribution in [0.5, 0.6) is 5.75 Å². The van der Waals surface area contributed by atoms with Gasteiger partial charge in [-0.15, -0.1) is 0 Å². The predicted molar refractivity (Wildman–Crippen MR) is 80.4 cm³/mol. The number of carbonyl (C=O) groups is 1. The summed E-state index contributed by atoms with van der Waals surface area (Å²) < 4.78 is 5.07. The molecule has 0 fully saturated rings. The van der Waals surface area contributed by atoms with Gasteiger partial charge in [-0.05, 0) is 43.8 Å². The van der Waals surface area contributed by atoms with E-state index in [1.165, 1.54) is 0 Å². The number of hydrogen-bond donors (Lipinski definition) is 1. The largest absolute Gasteiger partial charge is 0.497 e. The lowest BCUT2D eigenvalue weighted by molar-refractivity contribution is -0.119.